The van der Waals surface area contributed by atoms with Crippen LogP contribution in [0.15, 0.2) is 30.3 Å². The molecule has 0 unspecified atom stereocenters. The molecule has 1 aromatic heterocycles. The maximum atomic E-state index is 12.6. The lowest BCUT2D eigenvalue weighted by atomic mass is 10.1. The van der Waals surface area contributed by atoms with Crippen LogP contribution in [0.3, 0.4) is 0 Å². The molecule has 30 heavy (non-hydrogen) atoms. The number of benzene rings is 1. The van der Waals surface area contributed by atoms with Crippen molar-refractivity contribution in [2.75, 3.05) is 38.0 Å². The minimum atomic E-state index is 0.0121. The number of rotatable bonds is 6. The SMILES string of the molecule is CCc1ccccc1NC(=O)C[NH+]1CCN(C(=O)/C=C/c2c(C)nn(C)c2C)CC1. The molecular formula is C23H32N5O2+. The zero-order valence-electron chi connectivity index (χ0n) is 18.4. The van der Waals surface area contributed by atoms with Crippen molar-refractivity contribution in [2.24, 2.45) is 7.05 Å². The Morgan fingerprint density at radius 2 is 1.90 bits per heavy atom. The summed E-state index contributed by atoms with van der Waals surface area (Å²) in [5.74, 6) is 0.0335. The highest BCUT2D eigenvalue weighted by Crippen LogP contribution is 2.15. The highest BCUT2D eigenvalue weighted by molar-refractivity contribution is 5.93. The molecule has 1 aliphatic heterocycles. The average molecular weight is 411 g/mol. The second kappa shape index (κ2) is 9.71. The lowest BCUT2D eigenvalue weighted by Crippen LogP contribution is -3.15. The maximum Gasteiger partial charge on any atom is 0.279 e. The van der Waals surface area contributed by atoms with Crippen LogP contribution in [0.4, 0.5) is 5.69 Å². The third-order valence-corrected chi connectivity index (χ3v) is 5.82. The summed E-state index contributed by atoms with van der Waals surface area (Å²) < 4.78 is 1.82. The lowest BCUT2D eigenvalue weighted by Gasteiger charge is -2.31. The summed E-state index contributed by atoms with van der Waals surface area (Å²) in [6.45, 7) is 9.30. The van der Waals surface area contributed by atoms with Crippen LogP contribution in [-0.4, -0.2) is 59.2 Å². The molecular weight excluding hydrogens is 378 g/mol. The molecule has 2 amide bonds. The first-order valence-corrected chi connectivity index (χ1v) is 10.6. The van der Waals surface area contributed by atoms with Gasteiger partial charge in [-0.2, -0.15) is 5.10 Å². The largest absolute Gasteiger partial charge is 0.328 e. The van der Waals surface area contributed by atoms with Crippen molar-refractivity contribution in [3.8, 4) is 0 Å². The lowest BCUT2D eigenvalue weighted by molar-refractivity contribution is -0.895. The molecule has 0 radical (unpaired) electrons. The van der Waals surface area contributed by atoms with Crippen molar-refractivity contribution in [3.63, 3.8) is 0 Å². The average Bonchev–Trinajstić information content (AvgIpc) is 2.98. The summed E-state index contributed by atoms with van der Waals surface area (Å²) in [6.07, 6.45) is 4.38. The van der Waals surface area contributed by atoms with Crippen LogP contribution in [0.2, 0.25) is 0 Å². The number of aryl methyl sites for hydroxylation is 3. The summed E-state index contributed by atoms with van der Waals surface area (Å²) in [4.78, 5) is 28.1. The van der Waals surface area contributed by atoms with Gasteiger partial charge in [-0.05, 0) is 38.0 Å². The zero-order valence-corrected chi connectivity index (χ0v) is 18.4. The Kier molecular flexibility index (Phi) is 7.05. The first-order valence-electron chi connectivity index (χ1n) is 10.6. The van der Waals surface area contributed by atoms with Crippen LogP contribution in [-0.2, 0) is 23.1 Å². The molecule has 0 atom stereocenters. The minimum absolute atomic E-state index is 0.0121. The van der Waals surface area contributed by atoms with Gasteiger partial charge in [0.15, 0.2) is 6.54 Å². The number of para-hydroxylation sites is 1. The fourth-order valence-electron chi connectivity index (χ4n) is 3.88. The predicted octanol–water partition coefficient (Wildman–Crippen LogP) is 0.978. The van der Waals surface area contributed by atoms with Crippen molar-refractivity contribution in [1.82, 2.24) is 14.7 Å². The number of quaternary nitrogens is 1. The number of amides is 2. The van der Waals surface area contributed by atoms with E-state index in [0.717, 1.165) is 47.7 Å². The van der Waals surface area contributed by atoms with Crippen LogP contribution >= 0.6 is 0 Å². The summed E-state index contributed by atoms with van der Waals surface area (Å²) in [5.41, 5.74) is 5.00. The third kappa shape index (κ3) is 5.16. The quantitative estimate of drug-likeness (QED) is 0.698. The highest BCUT2D eigenvalue weighted by Gasteiger charge is 2.24. The Labute approximate surface area is 178 Å². The normalized spacial score (nSPS) is 15.0. The van der Waals surface area contributed by atoms with Gasteiger partial charge in [-0.25, -0.2) is 0 Å². The van der Waals surface area contributed by atoms with Crippen LogP contribution in [0.1, 0.15) is 29.4 Å². The van der Waals surface area contributed by atoms with E-state index < -0.39 is 0 Å². The van der Waals surface area contributed by atoms with E-state index in [4.69, 9.17) is 0 Å². The van der Waals surface area contributed by atoms with Crippen molar-refractivity contribution in [2.45, 2.75) is 27.2 Å². The molecule has 0 bridgehead atoms. The summed E-state index contributed by atoms with van der Waals surface area (Å²) in [7, 11) is 1.90. The standard InChI is InChI=1S/C23H31N5O2/c1-5-19-8-6-7-9-21(19)24-22(29)16-27-12-14-28(15-13-27)23(30)11-10-20-17(2)25-26(4)18(20)3/h6-11H,5,12-16H2,1-4H3,(H,24,29)/p+1/b11-10+. The molecule has 1 fully saturated rings. The molecule has 2 N–H and O–H groups in total. The van der Waals surface area contributed by atoms with Crippen molar-refractivity contribution in [1.29, 1.82) is 0 Å². The van der Waals surface area contributed by atoms with Crippen LogP contribution < -0.4 is 10.2 Å². The van der Waals surface area contributed by atoms with E-state index in [9.17, 15) is 9.59 Å². The number of hydrogen-bond donors (Lipinski definition) is 2. The number of nitrogens with zero attached hydrogens (tertiary/aromatic N) is 3. The molecule has 3 rings (SSSR count). The van der Waals surface area contributed by atoms with E-state index in [-0.39, 0.29) is 11.8 Å². The van der Waals surface area contributed by atoms with Gasteiger partial charge in [0.1, 0.15) is 0 Å². The molecule has 160 valence electrons. The Balaban J connectivity index is 1.49. The van der Waals surface area contributed by atoms with Gasteiger partial charge in [0.2, 0.25) is 5.91 Å². The number of carbonyl (C=O) groups is 2. The summed E-state index contributed by atoms with van der Waals surface area (Å²) in [5, 5.41) is 7.41. The maximum absolute atomic E-state index is 12.6. The summed E-state index contributed by atoms with van der Waals surface area (Å²) >= 11 is 0. The molecule has 0 saturated carbocycles. The molecule has 1 aromatic carbocycles. The van der Waals surface area contributed by atoms with Crippen molar-refractivity contribution in [3.05, 3.63) is 52.9 Å². The van der Waals surface area contributed by atoms with Gasteiger partial charge in [-0.15, -0.1) is 0 Å². The molecule has 1 saturated heterocycles. The second-order valence-electron chi connectivity index (χ2n) is 7.85. The fraction of sp³-hybridized carbons (Fsp3) is 0.435. The van der Waals surface area contributed by atoms with Crippen molar-refractivity contribution < 1.29 is 14.5 Å². The molecule has 7 nitrogen and oxygen atoms in total. The van der Waals surface area contributed by atoms with Gasteiger partial charge < -0.3 is 15.1 Å². The number of carbonyl (C=O) groups excluding carboxylic acids is 2. The van der Waals surface area contributed by atoms with E-state index >= 15 is 0 Å². The molecule has 0 aliphatic carbocycles. The predicted molar refractivity (Wildman–Crippen MR) is 118 cm³/mol. The number of piperazine rings is 1. The zero-order chi connectivity index (χ0) is 21.7. The summed E-state index contributed by atoms with van der Waals surface area (Å²) in [6, 6.07) is 7.91. The smallest absolute Gasteiger partial charge is 0.279 e. The van der Waals surface area contributed by atoms with E-state index in [1.165, 1.54) is 4.90 Å². The van der Waals surface area contributed by atoms with Gasteiger partial charge in [-0.3, -0.25) is 14.3 Å². The molecule has 2 heterocycles. The van der Waals surface area contributed by atoms with Crippen LogP contribution in [0.5, 0.6) is 0 Å². The number of nitrogens with one attached hydrogen (secondary N) is 2. The Morgan fingerprint density at radius 3 is 2.53 bits per heavy atom. The third-order valence-electron chi connectivity index (χ3n) is 5.82. The molecule has 2 aromatic rings. The Morgan fingerprint density at radius 1 is 1.20 bits per heavy atom. The van der Waals surface area contributed by atoms with Crippen LogP contribution in [0.25, 0.3) is 6.08 Å². The van der Waals surface area contributed by atoms with E-state index in [1.54, 1.807) is 6.08 Å². The number of hydrogen-bond acceptors (Lipinski definition) is 3. The monoisotopic (exact) mass is 410 g/mol. The van der Waals surface area contributed by atoms with Gasteiger partial charge in [0.05, 0.1) is 31.9 Å². The van der Waals surface area contributed by atoms with Gasteiger partial charge in [0.25, 0.3) is 5.91 Å². The number of aromatic nitrogens is 2. The van der Waals surface area contributed by atoms with Gasteiger partial charge in [-0.1, -0.05) is 25.1 Å². The molecule has 0 spiro atoms. The fourth-order valence-corrected chi connectivity index (χ4v) is 3.88. The molecule has 7 heteroatoms. The van der Waals surface area contributed by atoms with Crippen molar-refractivity contribution >= 4 is 23.6 Å². The van der Waals surface area contributed by atoms with E-state index in [0.29, 0.717) is 19.6 Å². The van der Waals surface area contributed by atoms with Crippen LogP contribution in [0, 0.1) is 13.8 Å². The highest BCUT2D eigenvalue weighted by atomic mass is 16.2. The second-order valence-corrected chi connectivity index (χ2v) is 7.85. The minimum Gasteiger partial charge on any atom is -0.328 e. The first-order chi connectivity index (χ1) is 14.4. The van der Waals surface area contributed by atoms with Gasteiger partial charge >= 0.3 is 0 Å². The number of anilines is 1. The topological polar surface area (TPSA) is 71.7 Å². The van der Waals surface area contributed by atoms with E-state index in [1.807, 2.05) is 60.8 Å². The Bertz CT molecular complexity index is 939. The van der Waals surface area contributed by atoms with Gasteiger partial charge in [0, 0.05) is 30.1 Å². The Hall–Kier alpha value is -2.93. The van der Waals surface area contributed by atoms with E-state index in [2.05, 4.69) is 17.3 Å². The first kappa shape index (κ1) is 21.8. The molecule has 1 aliphatic rings.